The van der Waals surface area contributed by atoms with Gasteiger partial charge in [-0.15, -0.1) is 0 Å². The predicted molar refractivity (Wildman–Crippen MR) is 52.8 cm³/mol. The maximum Gasteiger partial charge on any atom is 0.413 e. The van der Waals surface area contributed by atoms with Crippen LogP contribution in [0, 0.1) is 6.92 Å². The number of amides is 1. The first-order valence-electron chi connectivity index (χ1n) is 4.32. The summed E-state index contributed by atoms with van der Waals surface area (Å²) in [7, 11) is 0. The van der Waals surface area contributed by atoms with E-state index in [0.717, 1.165) is 5.56 Å². The standard InChI is InChI=1S/C10H11NO4/c1-7-3-2-4-8(5-7)15-10(14)11-6-9(12)13/h2-5H,6H2,1H3,(H,11,14)(H,12,13). The number of hydrogen-bond acceptors (Lipinski definition) is 3. The lowest BCUT2D eigenvalue weighted by Gasteiger charge is -2.04. The van der Waals surface area contributed by atoms with Gasteiger partial charge in [0, 0.05) is 0 Å². The van der Waals surface area contributed by atoms with Gasteiger partial charge in [0.25, 0.3) is 0 Å². The number of nitrogens with one attached hydrogen (secondary N) is 1. The lowest BCUT2D eigenvalue weighted by atomic mass is 10.2. The van der Waals surface area contributed by atoms with Crippen LogP contribution in [0.5, 0.6) is 5.75 Å². The van der Waals surface area contributed by atoms with Gasteiger partial charge in [0.2, 0.25) is 0 Å². The summed E-state index contributed by atoms with van der Waals surface area (Å²) < 4.78 is 4.83. The van der Waals surface area contributed by atoms with Crippen molar-refractivity contribution in [2.75, 3.05) is 6.54 Å². The third kappa shape index (κ3) is 4.12. The largest absolute Gasteiger partial charge is 0.480 e. The molecule has 0 atom stereocenters. The molecule has 0 fully saturated rings. The van der Waals surface area contributed by atoms with Crippen LogP contribution < -0.4 is 10.1 Å². The molecular formula is C10H11NO4. The Labute approximate surface area is 86.7 Å². The van der Waals surface area contributed by atoms with Gasteiger partial charge in [-0.2, -0.15) is 0 Å². The van der Waals surface area contributed by atoms with E-state index >= 15 is 0 Å². The van der Waals surface area contributed by atoms with Crippen LogP contribution in [-0.2, 0) is 4.79 Å². The summed E-state index contributed by atoms with van der Waals surface area (Å²) in [6.07, 6.45) is -0.775. The number of carbonyl (C=O) groups excluding carboxylic acids is 1. The maximum absolute atomic E-state index is 11.0. The van der Waals surface area contributed by atoms with E-state index in [9.17, 15) is 9.59 Å². The molecule has 1 rings (SSSR count). The minimum atomic E-state index is -1.11. The van der Waals surface area contributed by atoms with Gasteiger partial charge in [-0.25, -0.2) is 4.79 Å². The van der Waals surface area contributed by atoms with Crippen LogP contribution in [0.3, 0.4) is 0 Å². The Hall–Kier alpha value is -2.04. The van der Waals surface area contributed by atoms with Crippen LogP contribution in [0.25, 0.3) is 0 Å². The van der Waals surface area contributed by atoms with E-state index in [-0.39, 0.29) is 0 Å². The van der Waals surface area contributed by atoms with Crippen molar-refractivity contribution < 1.29 is 19.4 Å². The number of ether oxygens (including phenoxy) is 1. The van der Waals surface area contributed by atoms with Gasteiger partial charge in [-0.1, -0.05) is 12.1 Å². The number of carboxylic acid groups (broad SMARTS) is 1. The van der Waals surface area contributed by atoms with Crippen molar-refractivity contribution in [3.63, 3.8) is 0 Å². The van der Waals surface area contributed by atoms with Gasteiger partial charge in [-0.05, 0) is 24.6 Å². The van der Waals surface area contributed by atoms with Crippen molar-refractivity contribution in [3.05, 3.63) is 29.8 Å². The zero-order valence-electron chi connectivity index (χ0n) is 8.19. The SMILES string of the molecule is Cc1cccc(OC(=O)NCC(=O)O)c1. The van der Waals surface area contributed by atoms with Gasteiger partial charge >= 0.3 is 12.1 Å². The highest BCUT2D eigenvalue weighted by molar-refractivity contribution is 5.77. The molecule has 0 radical (unpaired) electrons. The second-order valence-electron chi connectivity index (χ2n) is 2.95. The molecule has 0 heterocycles. The van der Waals surface area contributed by atoms with E-state index in [1.165, 1.54) is 0 Å². The molecule has 0 aliphatic carbocycles. The quantitative estimate of drug-likeness (QED) is 0.783. The average Bonchev–Trinajstić information content (AvgIpc) is 2.15. The summed E-state index contributed by atoms with van der Waals surface area (Å²) in [5.41, 5.74) is 0.957. The Balaban J connectivity index is 2.48. The zero-order valence-corrected chi connectivity index (χ0v) is 8.19. The van der Waals surface area contributed by atoms with Crippen molar-refractivity contribution in [2.45, 2.75) is 6.92 Å². The molecule has 5 heteroatoms. The highest BCUT2D eigenvalue weighted by Crippen LogP contribution is 2.12. The third-order valence-corrected chi connectivity index (χ3v) is 1.58. The Morgan fingerprint density at radius 3 is 2.80 bits per heavy atom. The second-order valence-corrected chi connectivity index (χ2v) is 2.95. The summed E-state index contributed by atoms with van der Waals surface area (Å²) >= 11 is 0. The number of carboxylic acids is 1. The molecule has 0 aliphatic heterocycles. The fraction of sp³-hybridized carbons (Fsp3) is 0.200. The lowest BCUT2D eigenvalue weighted by molar-refractivity contribution is -0.135. The number of aliphatic carboxylic acids is 1. The van der Waals surface area contributed by atoms with E-state index in [2.05, 4.69) is 5.32 Å². The second kappa shape index (κ2) is 4.99. The fourth-order valence-electron chi connectivity index (χ4n) is 0.970. The van der Waals surface area contributed by atoms with E-state index in [1.54, 1.807) is 18.2 Å². The van der Waals surface area contributed by atoms with Gasteiger partial charge < -0.3 is 15.2 Å². The molecule has 0 aliphatic rings. The van der Waals surface area contributed by atoms with Crippen LogP contribution in [0.15, 0.2) is 24.3 Å². The number of benzene rings is 1. The summed E-state index contributed by atoms with van der Waals surface area (Å²) in [5, 5.41) is 10.4. The third-order valence-electron chi connectivity index (χ3n) is 1.58. The lowest BCUT2D eigenvalue weighted by Crippen LogP contribution is -2.31. The molecule has 0 spiro atoms. The monoisotopic (exact) mass is 209 g/mol. The van der Waals surface area contributed by atoms with Gasteiger partial charge in [0.05, 0.1) is 0 Å². The van der Waals surface area contributed by atoms with Crippen molar-refractivity contribution in [2.24, 2.45) is 0 Å². The van der Waals surface area contributed by atoms with Crippen LogP contribution in [0.1, 0.15) is 5.56 Å². The molecule has 0 aromatic heterocycles. The molecule has 0 bridgehead atoms. The molecule has 1 amide bonds. The van der Waals surface area contributed by atoms with E-state index < -0.39 is 18.6 Å². The molecule has 1 aromatic rings. The van der Waals surface area contributed by atoms with Crippen molar-refractivity contribution in [1.29, 1.82) is 0 Å². The van der Waals surface area contributed by atoms with Crippen LogP contribution >= 0.6 is 0 Å². The summed E-state index contributed by atoms with van der Waals surface area (Å²) in [6, 6.07) is 6.91. The first kappa shape index (κ1) is 11.0. The van der Waals surface area contributed by atoms with Crippen LogP contribution in [0.4, 0.5) is 4.79 Å². The molecule has 5 nitrogen and oxygen atoms in total. The first-order chi connectivity index (χ1) is 7.08. The van der Waals surface area contributed by atoms with Gasteiger partial charge in [-0.3, -0.25) is 4.79 Å². The molecule has 80 valence electrons. The minimum Gasteiger partial charge on any atom is -0.480 e. The topological polar surface area (TPSA) is 75.6 Å². The highest BCUT2D eigenvalue weighted by atomic mass is 16.6. The number of aryl methyl sites for hydroxylation is 1. The number of hydrogen-bond donors (Lipinski definition) is 2. The van der Waals surface area contributed by atoms with Gasteiger partial charge in [0.1, 0.15) is 12.3 Å². The van der Waals surface area contributed by atoms with E-state index in [4.69, 9.17) is 9.84 Å². The predicted octanol–water partition coefficient (Wildman–Crippen LogP) is 1.17. The summed E-state index contributed by atoms with van der Waals surface area (Å²) in [6.45, 7) is 1.41. The first-order valence-corrected chi connectivity index (χ1v) is 4.32. The highest BCUT2D eigenvalue weighted by Gasteiger charge is 2.05. The molecule has 0 saturated heterocycles. The molecule has 0 unspecified atom stereocenters. The Kier molecular flexibility index (Phi) is 3.68. The summed E-state index contributed by atoms with van der Waals surface area (Å²) in [5.74, 6) is -0.728. The van der Waals surface area contributed by atoms with Crippen molar-refractivity contribution in [1.82, 2.24) is 5.32 Å². The Morgan fingerprint density at radius 2 is 2.20 bits per heavy atom. The van der Waals surface area contributed by atoms with Crippen molar-refractivity contribution in [3.8, 4) is 5.75 Å². The van der Waals surface area contributed by atoms with Crippen LogP contribution in [0.2, 0.25) is 0 Å². The van der Waals surface area contributed by atoms with Crippen molar-refractivity contribution >= 4 is 12.1 Å². The fourth-order valence-corrected chi connectivity index (χ4v) is 0.970. The molecular weight excluding hydrogens is 198 g/mol. The van der Waals surface area contributed by atoms with Gasteiger partial charge in [0.15, 0.2) is 0 Å². The maximum atomic E-state index is 11.0. The average molecular weight is 209 g/mol. The number of carbonyl (C=O) groups is 2. The molecule has 0 saturated carbocycles. The smallest absolute Gasteiger partial charge is 0.413 e. The Bertz CT molecular complexity index is 375. The molecule has 1 aromatic carbocycles. The normalized spacial score (nSPS) is 9.40. The minimum absolute atomic E-state index is 0.387. The molecule has 2 N–H and O–H groups in total. The summed E-state index contributed by atoms with van der Waals surface area (Å²) in [4.78, 5) is 21.2. The van der Waals surface area contributed by atoms with E-state index in [0.29, 0.717) is 5.75 Å². The van der Waals surface area contributed by atoms with Crippen LogP contribution in [-0.4, -0.2) is 23.7 Å². The van der Waals surface area contributed by atoms with E-state index in [1.807, 2.05) is 13.0 Å². The zero-order chi connectivity index (χ0) is 11.3. The Morgan fingerprint density at radius 1 is 1.47 bits per heavy atom. The molecule has 15 heavy (non-hydrogen) atoms. The number of rotatable bonds is 3.